The van der Waals surface area contributed by atoms with Crippen LogP contribution in [0.25, 0.3) is 0 Å². The minimum absolute atomic E-state index is 0.185. The average molecular weight is 224 g/mol. The minimum Gasteiger partial charge on any atom is -0.507 e. The average Bonchev–Trinajstić information content (AvgIpc) is 2.27. The van der Waals surface area contributed by atoms with Gasteiger partial charge < -0.3 is 20.6 Å². The molecule has 1 rings (SSSR count). The third-order valence-electron chi connectivity index (χ3n) is 2.19. The molecule has 0 aliphatic rings. The second kappa shape index (κ2) is 4.52. The molecule has 4 N–H and O–H groups in total. The Hall–Kier alpha value is -2.24. The van der Waals surface area contributed by atoms with Gasteiger partial charge in [-0.25, -0.2) is 0 Å². The summed E-state index contributed by atoms with van der Waals surface area (Å²) in [6, 6.07) is 2.46. The molecule has 86 valence electrons. The number of rotatable bonds is 2. The van der Waals surface area contributed by atoms with Crippen LogP contribution in [0.4, 0.5) is 0 Å². The normalized spacial score (nSPS) is 12.9. The molecule has 1 aromatic rings. The van der Waals surface area contributed by atoms with Gasteiger partial charge in [-0.2, -0.15) is 0 Å². The molecule has 16 heavy (non-hydrogen) atoms. The van der Waals surface area contributed by atoms with Crippen molar-refractivity contribution in [3.63, 3.8) is 0 Å². The topological polar surface area (TPSA) is 106 Å². The predicted molar refractivity (Wildman–Crippen MR) is 57.8 cm³/mol. The molecule has 1 aromatic carbocycles. The highest BCUT2D eigenvalue weighted by Crippen LogP contribution is 2.28. The number of phenolic OH excluding ortho intramolecular Hbond substituents is 2. The van der Waals surface area contributed by atoms with Gasteiger partial charge in [0, 0.05) is 17.2 Å². The van der Waals surface area contributed by atoms with Gasteiger partial charge in [0.1, 0.15) is 11.5 Å². The second-order valence-corrected chi connectivity index (χ2v) is 3.26. The standard InChI is InChI=1S/C10H12N2O4/c1-5(11-15)7-3-8(6(2)12-16)10(14)4-9(7)13/h3-4,13-16H,1-2H3/b11-5-,12-6-. The maximum Gasteiger partial charge on any atom is 0.128 e. The lowest BCUT2D eigenvalue weighted by atomic mass is 10.0. The monoisotopic (exact) mass is 224 g/mol. The van der Waals surface area contributed by atoms with Crippen molar-refractivity contribution in [2.75, 3.05) is 0 Å². The van der Waals surface area contributed by atoms with Gasteiger partial charge in [-0.15, -0.1) is 0 Å². The molecule has 0 saturated heterocycles. The van der Waals surface area contributed by atoms with Crippen molar-refractivity contribution in [2.24, 2.45) is 10.3 Å². The SMILES string of the molecule is C/C(=N/O)c1cc(/C(C)=N\O)c(O)cc1O. The molecule has 0 atom stereocenters. The number of hydrogen-bond acceptors (Lipinski definition) is 6. The largest absolute Gasteiger partial charge is 0.507 e. The fourth-order valence-corrected chi connectivity index (χ4v) is 1.26. The molecule has 0 bridgehead atoms. The van der Waals surface area contributed by atoms with Crippen molar-refractivity contribution in [1.82, 2.24) is 0 Å². The summed E-state index contributed by atoms with van der Waals surface area (Å²) in [7, 11) is 0. The van der Waals surface area contributed by atoms with Crippen LogP contribution in [0, 0.1) is 0 Å². The first-order valence-electron chi connectivity index (χ1n) is 4.45. The third-order valence-corrected chi connectivity index (χ3v) is 2.19. The smallest absolute Gasteiger partial charge is 0.128 e. The summed E-state index contributed by atoms with van der Waals surface area (Å²) >= 11 is 0. The molecule has 0 heterocycles. The van der Waals surface area contributed by atoms with Gasteiger partial charge >= 0.3 is 0 Å². The summed E-state index contributed by atoms with van der Waals surface area (Å²) in [5.74, 6) is -0.440. The quantitative estimate of drug-likeness (QED) is 0.347. The van der Waals surface area contributed by atoms with Gasteiger partial charge in [0.2, 0.25) is 0 Å². The van der Waals surface area contributed by atoms with Crippen molar-refractivity contribution < 1.29 is 20.6 Å². The Morgan fingerprint density at radius 1 is 0.875 bits per heavy atom. The molecule has 0 spiro atoms. The van der Waals surface area contributed by atoms with Crippen LogP contribution in [0.15, 0.2) is 22.4 Å². The number of aromatic hydroxyl groups is 2. The fourth-order valence-electron chi connectivity index (χ4n) is 1.26. The lowest BCUT2D eigenvalue weighted by molar-refractivity contribution is 0.318. The molecule has 0 aliphatic heterocycles. The van der Waals surface area contributed by atoms with E-state index in [0.29, 0.717) is 0 Å². The van der Waals surface area contributed by atoms with Crippen LogP contribution in [-0.4, -0.2) is 32.1 Å². The number of nitrogens with zero attached hydrogens (tertiary/aromatic N) is 2. The fraction of sp³-hybridized carbons (Fsp3) is 0.200. The molecule has 6 heteroatoms. The zero-order valence-electron chi connectivity index (χ0n) is 8.84. The minimum atomic E-state index is -0.220. The third kappa shape index (κ3) is 2.05. The number of benzene rings is 1. The molecule has 0 unspecified atom stereocenters. The molecule has 0 radical (unpaired) electrons. The van der Waals surface area contributed by atoms with E-state index in [1.807, 2.05) is 0 Å². The predicted octanol–water partition coefficient (Wildman–Crippen LogP) is 1.49. The summed E-state index contributed by atoms with van der Waals surface area (Å²) in [5, 5.41) is 42.1. The Labute approximate surface area is 91.8 Å². The van der Waals surface area contributed by atoms with Crippen molar-refractivity contribution >= 4 is 11.4 Å². The van der Waals surface area contributed by atoms with Crippen molar-refractivity contribution in [2.45, 2.75) is 13.8 Å². The number of hydrogen-bond donors (Lipinski definition) is 4. The summed E-state index contributed by atoms with van der Waals surface area (Å²) in [5.41, 5.74) is 0.866. The Kier molecular flexibility index (Phi) is 3.34. The molecule has 0 amide bonds. The van der Waals surface area contributed by atoms with Gasteiger partial charge in [0.25, 0.3) is 0 Å². The van der Waals surface area contributed by atoms with Gasteiger partial charge in [0.15, 0.2) is 0 Å². The molecule has 0 aliphatic carbocycles. The second-order valence-electron chi connectivity index (χ2n) is 3.26. The van der Waals surface area contributed by atoms with E-state index in [2.05, 4.69) is 10.3 Å². The van der Waals surface area contributed by atoms with E-state index in [1.54, 1.807) is 0 Å². The van der Waals surface area contributed by atoms with E-state index in [0.717, 1.165) is 6.07 Å². The Bertz CT molecular complexity index is 427. The first kappa shape index (κ1) is 11.8. The van der Waals surface area contributed by atoms with E-state index in [1.165, 1.54) is 19.9 Å². The van der Waals surface area contributed by atoms with Gasteiger partial charge in [-0.05, 0) is 19.9 Å². The van der Waals surface area contributed by atoms with Crippen LogP contribution in [0.2, 0.25) is 0 Å². The van der Waals surface area contributed by atoms with E-state index in [-0.39, 0.29) is 34.0 Å². The summed E-state index contributed by atoms with van der Waals surface area (Å²) in [4.78, 5) is 0. The van der Waals surface area contributed by atoms with E-state index in [4.69, 9.17) is 10.4 Å². The molecule has 0 fully saturated rings. The van der Waals surface area contributed by atoms with Gasteiger partial charge in [-0.3, -0.25) is 0 Å². The number of oxime groups is 2. The Morgan fingerprint density at radius 3 is 1.56 bits per heavy atom. The van der Waals surface area contributed by atoms with E-state index < -0.39 is 0 Å². The zero-order valence-corrected chi connectivity index (χ0v) is 8.84. The zero-order chi connectivity index (χ0) is 12.3. The van der Waals surface area contributed by atoms with Crippen LogP contribution in [-0.2, 0) is 0 Å². The van der Waals surface area contributed by atoms with Crippen LogP contribution >= 0.6 is 0 Å². The van der Waals surface area contributed by atoms with Crippen LogP contribution in [0.1, 0.15) is 25.0 Å². The lowest BCUT2D eigenvalue weighted by Gasteiger charge is -2.08. The molecule has 6 nitrogen and oxygen atoms in total. The van der Waals surface area contributed by atoms with E-state index in [9.17, 15) is 10.2 Å². The molecule has 0 saturated carbocycles. The summed E-state index contributed by atoms with van der Waals surface area (Å²) in [6.45, 7) is 2.97. The number of phenols is 2. The first-order chi connectivity index (χ1) is 7.51. The highest BCUT2D eigenvalue weighted by atomic mass is 16.4. The Balaban J connectivity index is 3.44. The van der Waals surface area contributed by atoms with Gasteiger partial charge in [0.05, 0.1) is 11.4 Å². The highest BCUT2D eigenvalue weighted by Gasteiger charge is 2.13. The van der Waals surface area contributed by atoms with Crippen LogP contribution in [0.3, 0.4) is 0 Å². The lowest BCUT2D eigenvalue weighted by Crippen LogP contribution is -2.01. The van der Waals surface area contributed by atoms with Gasteiger partial charge in [-0.1, -0.05) is 10.3 Å². The maximum atomic E-state index is 9.52. The van der Waals surface area contributed by atoms with Crippen molar-refractivity contribution in [1.29, 1.82) is 0 Å². The summed E-state index contributed by atoms with van der Waals surface area (Å²) < 4.78 is 0. The van der Waals surface area contributed by atoms with Crippen molar-refractivity contribution in [3.05, 3.63) is 23.3 Å². The molecule has 0 aromatic heterocycles. The highest BCUT2D eigenvalue weighted by molar-refractivity contribution is 6.06. The van der Waals surface area contributed by atoms with Crippen LogP contribution < -0.4 is 0 Å². The summed E-state index contributed by atoms with van der Waals surface area (Å²) in [6.07, 6.45) is 0. The van der Waals surface area contributed by atoms with Crippen molar-refractivity contribution in [3.8, 4) is 11.5 Å². The Morgan fingerprint density at radius 2 is 1.25 bits per heavy atom. The molecular weight excluding hydrogens is 212 g/mol. The maximum absolute atomic E-state index is 9.52. The van der Waals surface area contributed by atoms with Crippen LogP contribution in [0.5, 0.6) is 11.5 Å². The first-order valence-corrected chi connectivity index (χ1v) is 4.45. The van der Waals surface area contributed by atoms with E-state index >= 15 is 0 Å². The molecular formula is C10H12N2O4.